The molecule has 0 radical (unpaired) electrons. The summed E-state index contributed by atoms with van der Waals surface area (Å²) in [5.74, 6) is 0.0564. The molecule has 1 aliphatic rings. The quantitative estimate of drug-likeness (QED) is 0.416. The molecule has 2 atom stereocenters. The molecule has 40 heavy (non-hydrogen) atoms. The van der Waals surface area contributed by atoms with Crippen LogP contribution in [0, 0.1) is 0 Å². The normalized spacial score (nSPS) is 19.5. The SMILES string of the molecule is CC(C)n1cccc(Nc2cc(N(C)C(=O)OC(C)(C)C)n3ncc(C(=O)N[C@@H]4CCCC[C@@]4(C)O)c3n2)c1=O. The third kappa shape index (κ3) is 6.11. The van der Waals surface area contributed by atoms with Crippen molar-refractivity contribution in [3.63, 3.8) is 0 Å². The molecule has 3 N–H and O–H groups in total. The van der Waals surface area contributed by atoms with Crippen molar-refractivity contribution >= 4 is 35.0 Å². The largest absolute Gasteiger partial charge is 0.443 e. The number of anilines is 3. The predicted molar refractivity (Wildman–Crippen MR) is 152 cm³/mol. The maximum Gasteiger partial charge on any atom is 0.415 e. The first-order valence-electron chi connectivity index (χ1n) is 13.5. The number of hydrogen-bond donors (Lipinski definition) is 3. The smallest absolute Gasteiger partial charge is 0.415 e. The molecule has 12 nitrogen and oxygen atoms in total. The lowest BCUT2D eigenvalue weighted by molar-refractivity contribution is -0.00860. The Hall–Kier alpha value is -3.93. The lowest BCUT2D eigenvalue weighted by atomic mass is 9.81. The third-order valence-electron chi connectivity index (χ3n) is 6.98. The molecular formula is C28H39N7O5. The summed E-state index contributed by atoms with van der Waals surface area (Å²) >= 11 is 0. The lowest BCUT2D eigenvalue weighted by Gasteiger charge is -2.37. The molecule has 0 spiro atoms. The summed E-state index contributed by atoms with van der Waals surface area (Å²) in [6.07, 6.45) is 5.49. The zero-order valence-electron chi connectivity index (χ0n) is 24.2. The third-order valence-corrected chi connectivity index (χ3v) is 6.98. The fraction of sp³-hybridized carbons (Fsp3) is 0.536. The van der Waals surface area contributed by atoms with Crippen LogP contribution in [0.25, 0.3) is 5.65 Å². The number of fused-ring (bicyclic) bond motifs is 1. The molecule has 3 heterocycles. The first kappa shape index (κ1) is 29.1. The van der Waals surface area contributed by atoms with Crippen molar-refractivity contribution in [2.75, 3.05) is 17.3 Å². The fourth-order valence-corrected chi connectivity index (χ4v) is 4.76. The Kier molecular flexibility index (Phi) is 7.93. The second kappa shape index (κ2) is 10.9. The van der Waals surface area contributed by atoms with Crippen LogP contribution in [-0.2, 0) is 4.74 Å². The Labute approximate surface area is 233 Å². The summed E-state index contributed by atoms with van der Waals surface area (Å²) in [6.45, 7) is 10.8. The minimum Gasteiger partial charge on any atom is -0.443 e. The van der Waals surface area contributed by atoms with Crippen molar-refractivity contribution < 1.29 is 19.4 Å². The van der Waals surface area contributed by atoms with E-state index in [9.17, 15) is 19.5 Å². The van der Waals surface area contributed by atoms with Gasteiger partial charge >= 0.3 is 6.09 Å². The number of pyridine rings is 1. The molecular weight excluding hydrogens is 514 g/mol. The van der Waals surface area contributed by atoms with E-state index in [2.05, 4.69) is 20.7 Å². The van der Waals surface area contributed by atoms with Crippen molar-refractivity contribution in [3.8, 4) is 0 Å². The van der Waals surface area contributed by atoms with Gasteiger partial charge in [-0.3, -0.25) is 14.5 Å². The minimum absolute atomic E-state index is 0.0549. The van der Waals surface area contributed by atoms with Gasteiger partial charge in [0.25, 0.3) is 11.5 Å². The van der Waals surface area contributed by atoms with E-state index in [1.54, 1.807) is 56.7 Å². The number of hydrogen-bond acceptors (Lipinski definition) is 8. The van der Waals surface area contributed by atoms with Crippen LogP contribution in [0.1, 0.15) is 83.6 Å². The van der Waals surface area contributed by atoms with E-state index in [-0.39, 0.29) is 40.1 Å². The number of nitrogens with one attached hydrogen (secondary N) is 2. The van der Waals surface area contributed by atoms with Gasteiger partial charge in [-0.25, -0.2) is 9.78 Å². The van der Waals surface area contributed by atoms with E-state index < -0.39 is 29.2 Å². The van der Waals surface area contributed by atoms with E-state index in [1.165, 1.54) is 22.7 Å². The molecule has 0 aromatic carbocycles. The highest BCUT2D eigenvalue weighted by Gasteiger charge is 2.36. The molecule has 1 aliphatic carbocycles. The highest BCUT2D eigenvalue weighted by molar-refractivity contribution is 6.00. The molecule has 3 aromatic heterocycles. The van der Waals surface area contributed by atoms with E-state index in [0.29, 0.717) is 12.8 Å². The van der Waals surface area contributed by atoms with Crippen molar-refractivity contribution in [2.24, 2.45) is 0 Å². The van der Waals surface area contributed by atoms with Crippen LogP contribution in [0.4, 0.5) is 22.1 Å². The Balaban J connectivity index is 1.78. The zero-order chi connectivity index (χ0) is 29.4. The van der Waals surface area contributed by atoms with Gasteiger partial charge in [-0.15, -0.1) is 0 Å². The van der Waals surface area contributed by atoms with Gasteiger partial charge in [-0.05, 0) is 66.5 Å². The minimum atomic E-state index is -1.03. The molecule has 4 rings (SSSR count). The molecule has 0 bridgehead atoms. The van der Waals surface area contributed by atoms with Crippen LogP contribution >= 0.6 is 0 Å². The average molecular weight is 554 g/mol. The predicted octanol–water partition coefficient (Wildman–Crippen LogP) is 4.01. The number of aromatic nitrogens is 4. The number of carbonyl (C=O) groups excluding carboxylic acids is 2. The maximum atomic E-state index is 13.4. The molecule has 0 saturated heterocycles. The summed E-state index contributed by atoms with van der Waals surface area (Å²) in [5, 5.41) is 21.2. The summed E-state index contributed by atoms with van der Waals surface area (Å²) in [5.41, 5.74) is -1.39. The first-order chi connectivity index (χ1) is 18.7. The van der Waals surface area contributed by atoms with Crippen molar-refractivity contribution in [2.45, 2.75) is 90.5 Å². The van der Waals surface area contributed by atoms with Crippen LogP contribution < -0.4 is 21.1 Å². The number of ether oxygens (including phenoxy) is 1. The van der Waals surface area contributed by atoms with Crippen LogP contribution in [0.2, 0.25) is 0 Å². The Morgan fingerprint density at radius 3 is 2.65 bits per heavy atom. The van der Waals surface area contributed by atoms with Gasteiger partial charge in [0, 0.05) is 25.4 Å². The van der Waals surface area contributed by atoms with E-state index in [0.717, 1.165) is 12.8 Å². The highest BCUT2D eigenvalue weighted by Crippen LogP contribution is 2.29. The van der Waals surface area contributed by atoms with Gasteiger partial charge in [0.15, 0.2) is 5.65 Å². The van der Waals surface area contributed by atoms with Crippen molar-refractivity contribution in [1.82, 2.24) is 24.5 Å². The summed E-state index contributed by atoms with van der Waals surface area (Å²) in [6, 6.07) is 4.47. The first-order valence-corrected chi connectivity index (χ1v) is 13.5. The fourth-order valence-electron chi connectivity index (χ4n) is 4.76. The Morgan fingerprint density at radius 1 is 1.27 bits per heavy atom. The number of aliphatic hydroxyl groups is 1. The van der Waals surface area contributed by atoms with Crippen LogP contribution in [0.15, 0.2) is 35.4 Å². The summed E-state index contributed by atoms with van der Waals surface area (Å²) < 4.78 is 8.51. The monoisotopic (exact) mass is 553 g/mol. The van der Waals surface area contributed by atoms with Crippen LogP contribution in [-0.4, -0.2) is 60.6 Å². The van der Waals surface area contributed by atoms with Gasteiger partial charge in [0.05, 0.1) is 17.8 Å². The van der Waals surface area contributed by atoms with Crippen LogP contribution in [0.3, 0.4) is 0 Å². The van der Waals surface area contributed by atoms with Crippen molar-refractivity contribution in [1.29, 1.82) is 0 Å². The topological polar surface area (TPSA) is 143 Å². The zero-order valence-corrected chi connectivity index (χ0v) is 24.2. The summed E-state index contributed by atoms with van der Waals surface area (Å²) in [7, 11) is 1.53. The van der Waals surface area contributed by atoms with Gasteiger partial charge in [0.1, 0.15) is 28.5 Å². The molecule has 12 heteroatoms. The highest BCUT2D eigenvalue weighted by atomic mass is 16.6. The van der Waals surface area contributed by atoms with Crippen molar-refractivity contribution in [3.05, 3.63) is 46.5 Å². The summed E-state index contributed by atoms with van der Waals surface area (Å²) in [4.78, 5) is 45.3. The molecule has 3 aromatic rings. The Bertz CT molecular complexity index is 1470. The molecule has 0 aliphatic heterocycles. The van der Waals surface area contributed by atoms with Gasteiger partial charge in [-0.2, -0.15) is 9.61 Å². The number of nitrogens with zero attached hydrogens (tertiary/aromatic N) is 5. The second-order valence-corrected chi connectivity index (χ2v) is 11.8. The molecule has 1 fully saturated rings. The Morgan fingerprint density at radius 2 is 2.00 bits per heavy atom. The van der Waals surface area contributed by atoms with Gasteiger partial charge in [0.2, 0.25) is 0 Å². The molecule has 2 amide bonds. The standard InChI is InChI=1S/C28H39N7O5/c1-17(2)34-14-10-11-19(25(34)37)30-21-15-22(33(7)26(38)40-27(3,4)5)35-23(32-21)18(16-29-35)24(36)31-20-12-8-9-13-28(20,6)39/h10-11,14-17,20,39H,8-9,12-13H2,1-7H3,(H,30,32)(H,31,36)/t20-,28-/m1/s1. The van der Waals surface area contributed by atoms with E-state index >= 15 is 0 Å². The maximum absolute atomic E-state index is 13.4. The molecule has 1 saturated carbocycles. The van der Waals surface area contributed by atoms with Gasteiger partial charge in [-0.1, -0.05) is 12.8 Å². The molecule has 0 unspecified atom stereocenters. The number of rotatable bonds is 6. The molecule has 216 valence electrons. The lowest BCUT2D eigenvalue weighted by Crippen LogP contribution is -2.52. The number of carbonyl (C=O) groups is 2. The van der Waals surface area contributed by atoms with Crippen LogP contribution in [0.5, 0.6) is 0 Å². The van der Waals surface area contributed by atoms with Gasteiger partial charge < -0.3 is 25.0 Å². The second-order valence-electron chi connectivity index (χ2n) is 11.8. The van der Waals surface area contributed by atoms with E-state index in [4.69, 9.17) is 4.74 Å². The average Bonchev–Trinajstić information content (AvgIpc) is 3.28. The van der Waals surface area contributed by atoms with E-state index in [1.807, 2.05) is 13.8 Å². The number of amides is 2.